The van der Waals surface area contributed by atoms with Crippen LogP contribution in [0.4, 0.5) is 4.79 Å². The number of amides is 1. The third-order valence-corrected chi connectivity index (χ3v) is 2.58. The van der Waals surface area contributed by atoms with Gasteiger partial charge in [0, 0.05) is 13.6 Å². The van der Waals surface area contributed by atoms with Crippen LogP contribution in [0.3, 0.4) is 0 Å². The highest BCUT2D eigenvalue weighted by molar-refractivity contribution is 5.84. The van der Waals surface area contributed by atoms with Gasteiger partial charge in [0.1, 0.15) is 17.7 Å². The number of guanidine groups is 1. The largest absolute Gasteiger partial charge is 0.459 e. The molecule has 0 aliphatic heterocycles. The standard InChI is InChI=1S/C17H34N4O4/c1-15(2,3)24-12(22)10-19-13(18-9)20-11-17(7,8)21-14(23)25-16(4,5)6/h10-11H2,1-9H3,(H,21,23)(H2,18,19,20). The summed E-state index contributed by atoms with van der Waals surface area (Å²) in [5, 5.41) is 8.72. The molecule has 146 valence electrons. The number of nitrogens with zero attached hydrogens (tertiary/aromatic N) is 1. The van der Waals surface area contributed by atoms with E-state index in [2.05, 4.69) is 20.9 Å². The topological polar surface area (TPSA) is 101 Å². The van der Waals surface area contributed by atoms with E-state index in [1.54, 1.807) is 27.8 Å². The van der Waals surface area contributed by atoms with Gasteiger partial charge in [-0.1, -0.05) is 0 Å². The second-order valence-corrected chi connectivity index (χ2v) is 8.38. The van der Waals surface area contributed by atoms with Crippen molar-refractivity contribution in [2.45, 2.75) is 72.1 Å². The van der Waals surface area contributed by atoms with Crippen LogP contribution in [-0.4, -0.2) is 54.9 Å². The molecule has 8 nitrogen and oxygen atoms in total. The van der Waals surface area contributed by atoms with Gasteiger partial charge in [-0.3, -0.25) is 9.79 Å². The Kier molecular flexibility index (Phi) is 8.21. The van der Waals surface area contributed by atoms with Gasteiger partial charge in [-0.2, -0.15) is 0 Å². The minimum Gasteiger partial charge on any atom is -0.459 e. The molecule has 0 fully saturated rings. The van der Waals surface area contributed by atoms with Gasteiger partial charge in [-0.25, -0.2) is 4.79 Å². The molecular weight excluding hydrogens is 324 g/mol. The molecule has 0 unspecified atom stereocenters. The molecule has 0 aromatic carbocycles. The van der Waals surface area contributed by atoms with Crippen molar-refractivity contribution in [3.05, 3.63) is 0 Å². The van der Waals surface area contributed by atoms with Crippen LogP contribution in [0, 0.1) is 0 Å². The van der Waals surface area contributed by atoms with Crippen molar-refractivity contribution in [2.24, 2.45) is 4.99 Å². The predicted octanol–water partition coefficient (Wildman–Crippen LogP) is 1.80. The molecule has 0 aliphatic carbocycles. The van der Waals surface area contributed by atoms with Crippen LogP contribution in [0.5, 0.6) is 0 Å². The number of hydrogen-bond donors (Lipinski definition) is 3. The van der Waals surface area contributed by atoms with Crippen molar-refractivity contribution in [3.8, 4) is 0 Å². The summed E-state index contributed by atoms with van der Waals surface area (Å²) in [6.07, 6.45) is -0.490. The van der Waals surface area contributed by atoms with E-state index < -0.39 is 22.8 Å². The fourth-order valence-electron chi connectivity index (χ4n) is 1.68. The predicted molar refractivity (Wildman–Crippen MR) is 98.7 cm³/mol. The molecule has 3 N–H and O–H groups in total. The molecule has 0 atom stereocenters. The first-order valence-electron chi connectivity index (χ1n) is 8.31. The summed E-state index contributed by atoms with van der Waals surface area (Å²) in [5.74, 6) is 0.0616. The van der Waals surface area contributed by atoms with Gasteiger partial charge in [0.15, 0.2) is 5.96 Å². The van der Waals surface area contributed by atoms with E-state index in [4.69, 9.17) is 9.47 Å². The van der Waals surface area contributed by atoms with Gasteiger partial charge >= 0.3 is 12.1 Å². The molecular formula is C17H34N4O4. The number of carbonyl (C=O) groups is 2. The molecule has 0 spiro atoms. The lowest BCUT2D eigenvalue weighted by atomic mass is 10.1. The maximum atomic E-state index is 11.9. The number of carbonyl (C=O) groups excluding carboxylic acids is 2. The highest BCUT2D eigenvalue weighted by Crippen LogP contribution is 2.09. The first-order chi connectivity index (χ1) is 11.1. The Balaban J connectivity index is 4.41. The van der Waals surface area contributed by atoms with Crippen LogP contribution in [0.15, 0.2) is 4.99 Å². The van der Waals surface area contributed by atoms with Crippen LogP contribution < -0.4 is 16.0 Å². The molecule has 0 rings (SSSR count). The van der Waals surface area contributed by atoms with E-state index in [9.17, 15) is 9.59 Å². The molecule has 25 heavy (non-hydrogen) atoms. The zero-order valence-electron chi connectivity index (χ0n) is 17.0. The van der Waals surface area contributed by atoms with Crippen molar-refractivity contribution in [3.63, 3.8) is 0 Å². The number of rotatable bonds is 5. The summed E-state index contributed by atoms with van der Waals surface area (Å²) in [6, 6.07) is 0. The average molecular weight is 358 g/mol. The molecule has 0 aromatic heterocycles. The van der Waals surface area contributed by atoms with Crippen molar-refractivity contribution < 1.29 is 19.1 Å². The summed E-state index contributed by atoms with van der Waals surface area (Å²) in [7, 11) is 1.60. The maximum Gasteiger partial charge on any atom is 0.408 e. The normalized spacial score (nSPS) is 13.1. The molecule has 0 heterocycles. The van der Waals surface area contributed by atoms with E-state index in [-0.39, 0.29) is 12.5 Å². The Morgan fingerprint density at radius 3 is 1.84 bits per heavy atom. The highest BCUT2D eigenvalue weighted by Gasteiger charge is 2.25. The maximum absolute atomic E-state index is 11.9. The van der Waals surface area contributed by atoms with E-state index >= 15 is 0 Å². The van der Waals surface area contributed by atoms with Gasteiger partial charge in [0.25, 0.3) is 0 Å². The summed E-state index contributed by atoms with van der Waals surface area (Å²) in [4.78, 5) is 27.6. The van der Waals surface area contributed by atoms with Crippen molar-refractivity contribution in [1.82, 2.24) is 16.0 Å². The lowest BCUT2D eigenvalue weighted by molar-refractivity contribution is -0.153. The van der Waals surface area contributed by atoms with E-state index in [0.29, 0.717) is 12.5 Å². The lowest BCUT2D eigenvalue weighted by Crippen LogP contribution is -2.54. The molecule has 0 radical (unpaired) electrons. The van der Waals surface area contributed by atoms with Gasteiger partial charge in [-0.05, 0) is 55.4 Å². The van der Waals surface area contributed by atoms with Crippen LogP contribution in [0.2, 0.25) is 0 Å². The zero-order chi connectivity index (χ0) is 19.9. The quantitative estimate of drug-likeness (QED) is 0.393. The fourth-order valence-corrected chi connectivity index (χ4v) is 1.68. The Hall–Kier alpha value is -1.99. The second kappa shape index (κ2) is 8.92. The first kappa shape index (κ1) is 23.0. The van der Waals surface area contributed by atoms with Crippen LogP contribution >= 0.6 is 0 Å². The minimum atomic E-state index is -0.578. The SMILES string of the molecule is CN=C(NCC(=O)OC(C)(C)C)NCC(C)(C)NC(=O)OC(C)(C)C. The molecule has 0 aliphatic rings. The first-order valence-corrected chi connectivity index (χ1v) is 8.31. The second-order valence-electron chi connectivity index (χ2n) is 8.38. The van der Waals surface area contributed by atoms with Gasteiger partial charge < -0.3 is 25.4 Å². The smallest absolute Gasteiger partial charge is 0.408 e. The monoisotopic (exact) mass is 358 g/mol. The highest BCUT2D eigenvalue weighted by atomic mass is 16.6. The number of esters is 1. The van der Waals surface area contributed by atoms with Crippen LogP contribution in [-0.2, 0) is 14.3 Å². The number of ether oxygens (including phenoxy) is 2. The lowest BCUT2D eigenvalue weighted by Gasteiger charge is -2.29. The van der Waals surface area contributed by atoms with Gasteiger partial charge in [0.2, 0.25) is 0 Å². The average Bonchev–Trinajstić information content (AvgIpc) is 2.33. The van der Waals surface area contributed by atoms with Crippen LogP contribution in [0.1, 0.15) is 55.4 Å². The Bertz CT molecular complexity index is 488. The molecule has 0 saturated carbocycles. The third kappa shape index (κ3) is 13.0. The third-order valence-electron chi connectivity index (χ3n) is 2.58. The van der Waals surface area contributed by atoms with Gasteiger partial charge in [0.05, 0.1) is 5.54 Å². The molecule has 0 bridgehead atoms. The van der Waals surface area contributed by atoms with Crippen molar-refractivity contribution in [1.29, 1.82) is 0 Å². The van der Waals surface area contributed by atoms with Crippen LogP contribution in [0.25, 0.3) is 0 Å². The summed E-state index contributed by atoms with van der Waals surface area (Å²) in [6.45, 7) is 14.9. The van der Waals surface area contributed by atoms with Crippen molar-refractivity contribution in [2.75, 3.05) is 20.1 Å². The molecule has 0 aromatic rings. The summed E-state index contributed by atoms with van der Waals surface area (Å²) >= 11 is 0. The Morgan fingerprint density at radius 2 is 1.40 bits per heavy atom. The number of hydrogen-bond acceptors (Lipinski definition) is 5. The van der Waals surface area contributed by atoms with Gasteiger partial charge in [-0.15, -0.1) is 0 Å². The Labute approximate surface area is 151 Å². The number of nitrogens with one attached hydrogen (secondary N) is 3. The van der Waals surface area contributed by atoms with E-state index in [1.165, 1.54) is 0 Å². The zero-order valence-corrected chi connectivity index (χ0v) is 17.0. The number of aliphatic imine (C=N–C) groups is 1. The molecule has 8 heteroatoms. The Morgan fingerprint density at radius 1 is 0.880 bits per heavy atom. The molecule has 0 saturated heterocycles. The summed E-state index contributed by atoms with van der Waals surface area (Å²) in [5.41, 5.74) is -1.67. The number of alkyl carbamates (subject to hydrolysis) is 1. The minimum absolute atomic E-state index is 0.00311. The van der Waals surface area contributed by atoms with E-state index in [1.807, 2.05) is 34.6 Å². The van der Waals surface area contributed by atoms with E-state index in [0.717, 1.165) is 0 Å². The fraction of sp³-hybridized carbons (Fsp3) is 0.824. The summed E-state index contributed by atoms with van der Waals surface area (Å²) < 4.78 is 10.5. The molecule has 1 amide bonds. The van der Waals surface area contributed by atoms with Crippen molar-refractivity contribution >= 4 is 18.0 Å².